The molecular formula is C11H15NO4S. The van der Waals surface area contributed by atoms with Crippen LogP contribution in [0.4, 0.5) is 0 Å². The molecule has 0 spiro atoms. The van der Waals surface area contributed by atoms with Crippen LogP contribution in [0.25, 0.3) is 0 Å². The third-order valence-corrected chi connectivity index (χ3v) is 3.07. The van der Waals surface area contributed by atoms with Gasteiger partial charge in [-0.1, -0.05) is 37.3 Å². The molecule has 0 aliphatic rings. The highest BCUT2D eigenvalue weighted by Gasteiger charge is 2.19. The summed E-state index contributed by atoms with van der Waals surface area (Å²) in [6.45, 7) is 1.60. The zero-order chi connectivity index (χ0) is 12.9. The van der Waals surface area contributed by atoms with Crippen molar-refractivity contribution in [3.8, 4) is 0 Å². The van der Waals surface area contributed by atoms with Crippen LogP contribution in [-0.2, 0) is 26.2 Å². The normalized spacial score (nSPS) is 13.1. The van der Waals surface area contributed by atoms with Crippen LogP contribution < -0.4 is 5.14 Å². The third kappa shape index (κ3) is 5.46. The van der Waals surface area contributed by atoms with Crippen LogP contribution in [0.3, 0.4) is 0 Å². The van der Waals surface area contributed by atoms with Gasteiger partial charge in [0.05, 0.1) is 11.7 Å². The van der Waals surface area contributed by atoms with E-state index in [1.807, 2.05) is 30.3 Å². The first-order chi connectivity index (χ1) is 7.88. The van der Waals surface area contributed by atoms with Crippen molar-refractivity contribution in [3.63, 3.8) is 0 Å². The molecule has 5 nitrogen and oxygen atoms in total. The van der Waals surface area contributed by atoms with Crippen molar-refractivity contribution in [2.45, 2.75) is 13.5 Å². The Morgan fingerprint density at radius 2 is 1.94 bits per heavy atom. The van der Waals surface area contributed by atoms with E-state index in [0.29, 0.717) is 0 Å². The van der Waals surface area contributed by atoms with E-state index in [-0.39, 0.29) is 6.61 Å². The fraction of sp³-hybridized carbons (Fsp3) is 0.364. The predicted octanol–water partition coefficient (Wildman–Crippen LogP) is 0.654. The summed E-state index contributed by atoms with van der Waals surface area (Å²) in [5, 5.41) is 4.85. The summed E-state index contributed by atoms with van der Waals surface area (Å²) in [6.07, 6.45) is 0. The minimum Gasteiger partial charge on any atom is -0.461 e. The van der Waals surface area contributed by atoms with Crippen LogP contribution in [0.1, 0.15) is 12.5 Å². The molecule has 0 radical (unpaired) electrons. The second-order valence-electron chi connectivity index (χ2n) is 3.82. The molecular weight excluding hydrogens is 242 g/mol. The first-order valence-corrected chi connectivity index (χ1v) is 6.81. The molecule has 0 aliphatic carbocycles. The fourth-order valence-electron chi connectivity index (χ4n) is 1.29. The quantitative estimate of drug-likeness (QED) is 0.785. The van der Waals surface area contributed by atoms with Gasteiger partial charge in [-0.15, -0.1) is 0 Å². The summed E-state index contributed by atoms with van der Waals surface area (Å²) in [5.41, 5.74) is 0.851. The van der Waals surface area contributed by atoms with E-state index in [4.69, 9.17) is 9.88 Å². The highest BCUT2D eigenvalue weighted by atomic mass is 32.2. The summed E-state index contributed by atoms with van der Waals surface area (Å²) >= 11 is 0. The van der Waals surface area contributed by atoms with E-state index in [9.17, 15) is 13.2 Å². The molecule has 1 rings (SSSR count). The second kappa shape index (κ2) is 5.79. The fourth-order valence-corrected chi connectivity index (χ4v) is 2.12. The van der Waals surface area contributed by atoms with Crippen LogP contribution in [0, 0.1) is 5.92 Å². The van der Waals surface area contributed by atoms with Crippen molar-refractivity contribution in [3.05, 3.63) is 35.9 Å². The number of primary sulfonamides is 1. The number of rotatable bonds is 5. The molecule has 2 N–H and O–H groups in total. The maximum atomic E-state index is 11.5. The lowest BCUT2D eigenvalue weighted by Gasteiger charge is -2.10. The zero-order valence-electron chi connectivity index (χ0n) is 9.50. The SMILES string of the molecule is C[C@@H](CS(N)(=O)=O)C(=O)OCc1ccccc1. The van der Waals surface area contributed by atoms with Gasteiger partial charge in [-0.3, -0.25) is 4.79 Å². The lowest BCUT2D eigenvalue weighted by molar-refractivity contribution is -0.148. The van der Waals surface area contributed by atoms with Crippen molar-refractivity contribution in [2.24, 2.45) is 11.1 Å². The van der Waals surface area contributed by atoms with Crippen molar-refractivity contribution >= 4 is 16.0 Å². The number of esters is 1. The van der Waals surface area contributed by atoms with Crippen molar-refractivity contribution < 1.29 is 17.9 Å². The van der Waals surface area contributed by atoms with E-state index >= 15 is 0 Å². The first-order valence-electron chi connectivity index (χ1n) is 5.09. The zero-order valence-corrected chi connectivity index (χ0v) is 10.3. The van der Waals surface area contributed by atoms with Gasteiger partial charge in [-0.2, -0.15) is 0 Å². The average Bonchev–Trinajstić information content (AvgIpc) is 2.25. The Kier molecular flexibility index (Phi) is 4.65. The van der Waals surface area contributed by atoms with Crippen molar-refractivity contribution in [1.29, 1.82) is 0 Å². The summed E-state index contributed by atoms with van der Waals surface area (Å²) < 4.78 is 26.6. The smallest absolute Gasteiger partial charge is 0.310 e. The minimum atomic E-state index is -3.65. The number of hydrogen-bond donors (Lipinski definition) is 1. The third-order valence-electron chi connectivity index (χ3n) is 2.11. The summed E-state index contributed by atoms with van der Waals surface area (Å²) in [6, 6.07) is 9.15. The molecule has 0 saturated carbocycles. The largest absolute Gasteiger partial charge is 0.461 e. The first kappa shape index (κ1) is 13.7. The Morgan fingerprint density at radius 1 is 1.35 bits per heavy atom. The number of sulfonamides is 1. The average molecular weight is 257 g/mol. The topological polar surface area (TPSA) is 86.5 Å². The number of carbonyl (C=O) groups excluding carboxylic acids is 1. The lowest BCUT2D eigenvalue weighted by atomic mass is 10.2. The number of carbonyl (C=O) groups is 1. The molecule has 0 fully saturated rings. The highest BCUT2D eigenvalue weighted by molar-refractivity contribution is 7.89. The van der Waals surface area contributed by atoms with Gasteiger partial charge >= 0.3 is 5.97 Å². The van der Waals surface area contributed by atoms with Crippen LogP contribution in [-0.4, -0.2) is 20.1 Å². The van der Waals surface area contributed by atoms with E-state index < -0.39 is 27.7 Å². The molecule has 6 heteroatoms. The Morgan fingerprint density at radius 3 is 2.47 bits per heavy atom. The molecule has 0 amide bonds. The van der Waals surface area contributed by atoms with Gasteiger partial charge in [-0.25, -0.2) is 13.6 Å². The molecule has 0 unspecified atom stereocenters. The molecule has 0 aromatic heterocycles. The van der Waals surface area contributed by atoms with Gasteiger partial charge < -0.3 is 4.74 Å². The van der Waals surface area contributed by atoms with Crippen molar-refractivity contribution in [1.82, 2.24) is 0 Å². The van der Waals surface area contributed by atoms with Gasteiger partial charge in [0, 0.05) is 0 Å². The minimum absolute atomic E-state index is 0.134. The van der Waals surface area contributed by atoms with E-state index in [2.05, 4.69) is 0 Å². The summed E-state index contributed by atoms with van der Waals surface area (Å²) in [7, 11) is -3.65. The molecule has 0 aliphatic heterocycles. The Hall–Kier alpha value is -1.40. The monoisotopic (exact) mass is 257 g/mol. The molecule has 94 valence electrons. The Labute approximate surface area is 101 Å². The molecule has 1 aromatic rings. The molecule has 1 atom stereocenters. The lowest BCUT2D eigenvalue weighted by Crippen LogP contribution is -2.27. The van der Waals surface area contributed by atoms with Crippen molar-refractivity contribution in [2.75, 3.05) is 5.75 Å². The van der Waals surface area contributed by atoms with Crippen LogP contribution in [0.5, 0.6) is 0 Å². The van der Waals surface area contributed by atoms with Crippen LogP contribution in [0.2, 0.25) is 0 Å². The molecule has 0 bridgehead atoms. The van der Waals surface area contributed by atoms with Gasteiger partial charge in [0.2, 0.25) is 10.0 Å². The second-order valence-corrected chi connectivity index (χ2v) is 5.48. The molecule has 0 heterocycles. The summed E-state index contributed by atoms with van der Waals surface area (Å²) in [5.74, 6) is -1.72. The van der Waals surface area contributed by atoms with Gasteiger partial charge in [-0.05, 0) is 5.56 Å². The summed E-state index contributed by atoms with van der Waals surface area (Å²) in [4.78, 5) is 11.5. The predicted molar refractivity (Wildman–Crippen MR) is 63.4 cm³/mol. The van der Waals surface area contributed by atoms with Gasteiger partial charge in [0.15, 0.2) is 0 Å². The Balaban J connectivity index is 2.45. The van der Waals surface area contributed by atoms with Gasteiger partial charge in [0.25, 0.3) is 0 Å². The Bertz CT molecular complexity index is 470. The van der Waals surface area contributed by atoms with E-state index in [1.54, 1.807) is 0 Å². The number of nitrogens with two attached hydrogens (primary N) is 1. The molecule has 0 saturated heterocycles. The van der Waals surface area contributed by atoms with Crippen LogP contribution in [0.15, 0.2) is 30.3 Å². The van der Waals surface area contributed by atoms with E-state index in [0.717, 1.165) is 5.56 Å². The maximum absolute atomic E-state index is 11.5. The number of ether oxygens (including phenoxy) is 1. The van der Waals surface area contributed by atoms with Crippen LogP contribution >= 0.6 is 0 Å². The molecule has 17 heavy (non-hydrogen) atoms. The van der Waals surface area contributed by atoms with E-state index in [1.165, 1.54) is 6.92 Å². The molecule has 1 aromatic carbocycles. The number of hydrogen-bond acceptors (Lipinski definition) is 4. The van der Waals surface area contributed by atoms with Gasteiger partial charge in [0.1, 0.15) is 6.61 Å². The number of benzene rings is 1. The maximum Gasteiger partial charge on any atom is 0.310 e. The highest BCUT2D eigenvalue weighted by Crippen LogP contribution is 2.06. The standard InChI is InChI=1S/C11H15NO4S/c1-9(8-17(12,14)15)11(13)16-7-10-5-3-2-4-6-10/h2-6,9H,7-8H2,1H3,(H2,12,14,15)/t9-/m0/s1.